The third kappa shape index (κ3) is 2.73. The molecule has 1 amide bonds. The molecule has 0 spiro atoms. The van der Waals surface area contributed by atoms with Crippen LogP contribution in [0.5, 0.6) is 5.75 Å². The number of anilines is 1. The molecule has 1 aromatic rings. The molecule has 0 aliphatic carbocycles. The Balaban J connectivity index is 2.18. The lowest BCUT2D eigenvalue weighted by Crippen LogP contribution is -2.37. The third-order valence-corrected chi connectivity index (χ3v) is 4.12. The topological polar surface area (TPSA) is 61.4 Å². The molecule has 104 valence electrons. The second-order valence-electron chi connectivity index (χ2n) is 5.22. The highest BCUT2D eigenvalue weighted by atomic mass is 16.3. The van der Waals surface area contributed by atoms with Gasteiger partial charge in [-0.1, -0.05) is 19.9 Å². The Morgan fingerprint density at radius 2 is 2.26 bits per heavy atom. The molecule has 0 aromatic heterocycles. The van der Waals surface area contributed by atoms with Crippen molar-refractivity contribution in [2.24, 2.45) is 5.41 Å². The number of carbonyl (C=O) groups excluding carboxylic acids is 1. The van der Waals surface area contributed by atoms with Crippen LogP contribution in [0.1, 0.15) is 32.3 Å². The largest absolute Gasteiger partial charge is 0.506 e. The molecule has 1 atom stereocenters. The van der Waals surface area contributed by atoms with Crippen molar-refractivity contribution in [2.75, 3.05) is 18.4 Å². The Bertz CT molecular complexity index is 465. The first kappa shape index (κ1) is 13.9. The van der Waals surface area contributed by atoms with Crippen molar-refractivity contribution in [1.82, 2.24) is 5.32 Å². The predicted octanol–water partition coefficient (Wildman–Crippen LogP) is 2.28. The van der Waals surface area contributed by atoms with Gasteiger partial charge in [-0.15, -0.1) is 0 Å². The van der Waals surface area contributed by atoms with Crippen LogP contribution in [0.25, 0.3) is 0 Å². The molecule has 1 fully saturated rings. The maximum atomic E-state index is 12.5. The van der Waals surface area contributed by atoms with Crippen LogP contribution in [0.2, 0.25) is 0 Å². The number of hydrogen-bond donors (Lipinski definition) is 3. The molecule has 1 heterocycles. The van der Waals surface area contributed by atoms with E-state index >= 15 is 0 Å². The lowest BCUT2D eigenvalue weighted by molar-refractivity contribution is -0.124. The first-order chi connectivity index (χ1) is 9.11. The van der Waals surface area contributed by atoms with Crippen LogP contribution in [0.4, 0.5) is 5.69 Å². The van der Waals surface area contributed by atoms with Gasteiger partial charge in [-0.05, 0) is 43.5 Å². The summed E-state index contributed by atoms with van der Waals surface area (Å²) in [5.74, 6) is 0.131. The van der Waals surface area contributed by atoms with Crippen molar-refractivity contribution in [3.8, 4) is 5.75 Å². The molecule has 4 nitrogen and oxygen atoms in total. The summed E-state index contributed by atoms with van der Waals surface area (Å²) in [5, 5.41) is 16.0. The maximum Gasteiger partial charge on any atom is 0.232 e. The van der Waals surface area contributed by atoms with E-state index in [9.17, 15) is 9.90 Å². The number of aromatic hydroxyl groups is 1. The molecular weight excluding hydrogens is 240 g/mol. The van der Waals surface area contributed by atoms with E-state index in [4.69, 9.17) is 0 Å². The van der Waals surface area contributed by atoms with E-state index < -0.39 is 0 Å². The Hall–Kier alpha value is -1.55. The van der Waals surface area contributed by atoms with Gasteiger partial charge in [0.05, 0.1) is 11.1 Å². The predicted molar refractivity (Wildman–Crippen MR) is 76.3 cm³/mol. The zero-order chi connectivity index (χ0) is 13.9. The Morgan fingerprint density at radius 1 is 1.47 bits per heavy atom. The molecule has 4 heteroatoms. The SMILES string of the molecule is CCc1ccc(O)c(NC(=O)C2(CC)CCNC2)c1. The maximum absolute atomic E-state index is 12.5. The van der Waals surface area contributed by atoms with Crippen molar-refractivity contribution in [3.63, 3.8) is 0 Å². The molecule has 0 bridgehead atoms. The number of phenolic OH excluding ortho intramolecular Hbond substituents is 1. The molecule has 0 saturated carbocycles. The highest BCUT2D eigenvalue weighted by Crippen LogP contribution is 2.33. The summed E-state index contributed by atoms with van der Waals surface area (Å²) in [4.78, 5) is 12.5. The van der Waals surface area contributed by atoms with Crippen LogP contribution in [0.3, 0.4) is 0 Å². The summed E-state index contributed by atoms with van der Waals surface area (Å²) >= 11 is 0. The Morgan fingerprint density at radius 3 is 2.84 bits per heavy atom. The molecule has 1 aliphatic heterocycles. The monoisotopic (exact) mass is 262 g/mol. The van der Waals surface area contributed by atoms with Gasteiger partial charge >= 0.3 is 0 Å². The van der Waals surface area contributed by atoms with Crippen LogP contribution >= 0.6 is 0 Å². The van der Waals surface area contributed by atoms with E-state index in [1.54, 1.807) is 6.07 Å². The minimum Gasteiger partial charge on any atom is -0.506 e. The minimum absolute atomic E-state index is 0.00329. The summed E-state index contributed by atoms with van der Waals surface area (Å²) in [6, 6.07) is 5.36. The number of phenols is 1. The number of rotatable bonds is 4. The average Bonchev–Trinajstić information content (AvgIpc) is 2.91. The lowest BCUT2D eigenvalue weighted by Gasteiger charge is -2.25. The van der Waals surface area contributed by atoms with Crippen LogP contribution in [-0.2, 0) is 11.2 Å². The van der Waals surface area contributed by atoms with Crippen LogP contribution < -0.4 is 10.6 Å². The van der Waals surface area contributed by atoms with Gasteiger partial charge in [0.2, 0.25) is 5.91 Å². The average molecular weight is 262 g/mol. The summed E-state index contributed by atoms with van der Waals surface area (Å²) < 4.78 is 0. The smallest absolute Gasteiger partial charge is 0.232 e. The molecule has 1 saturated heterocycles. The number of aryl methyl sites for hydroxylation is 1. The van der Waals surface area contributed by atoms with Gasteiger partial charge < -0.3 is 15.7 Å². The number of nitrogens with one attached hydrogen (secondary N) is 2. The van der Waals surface area contributed by atoms with E-state index in [0.29, 0.717) is 12.2 Å². The molecule has 19 heavy (non-hydrogen) atoms. The van der Waals surface area contributed by atoms with Crippen molar-refractivity contribution in [1.29, 1.82) is 0 Å². The highest BCUT2D eigenvalue weighted by molar-refractivity contribution is 5.97. The van der Waals surface area contributed by atoms with Gasteiger partial charge in [-0.3, -0.25) is 4.79 Å². The number of carbonyl (C=O) groups is 1. The van der Waals surface area contributed by atoms with Crippen LogP contribution in [0, 0.1) is 5.41 Å². The fraction of sp³-hybridized carbons (Fsp3) is 0.533. The second-order valence-corrected chi connectivity index (χ2v) is 5.22. The number of benzene rings is 1. The number of amides is 1. The highest BCUT2D eigenvalue weighted by Gasteiger charge is 2.39. The Kier molecular flexibility index (Phi) is 4.10. The second kappa shape index (κ2) is 5.61. The van der Waals surface area contributed by atoms with E-state index in [-0.39, 0.29) is 17.1 Å². The summed E-state index contributed by atoms with van der Waals surface area (Å²) in [7, 11) is 0. The van der Waals surface area contributed by atoms with Crippen molar-refractivity contribution in [2.45, 2.75) is 33.1 Å². The molecule has 3 N–H and O–H groups in total. The molecule has 0 radical (unpaired) electrons. The lowest BCUT2D eigenvalue weighted by atomic mass is 9.83. The van der Waals surface area contributed by atoms with E-state index in [2.05, 4.69) is 10.6 Å². The van der Waals surface area contributed by atoms with Gasteiger partial charge in [-0.2, -0.15) is 0 Å². The van der Waals surface area contributed by atoms with Crippen molar-refractivity contribution in [3.05, 3.63) is 23.8 Å². The molecule has 1 aromatic carbocycles. The molecule has 1 aliphatic rings. The molecule has 1 unspecified atom stereocenters. The zero-order valence-corrected chi connectivity index (χ0v) is 11.6. The van der Waals surface area contributed by atoms with E-state index in [1.165, 1.54) is 0 Å². The zero-order valence-electron chi connectivity index (χ0n) is 11.6. The van der Waals surface area contributed by atoms with Crippen molar-refractivity contribution >= 4 is 11.6 Å². The standard InChI is InChI=1S/C15H22N2O2/c1-3-11-5-6-13(18)12(9-11)17-14(19)15(4-2)7-8-16-10-15/h5-6,9,16,18H,3-4,7-8,10H2,1-2H3,(H,17,19). The van der Waals surface area contributed by atoms with E-state index in [1.807, 2.05) is 26.0 Å². The fourth-order valence-corrected chi connectivity index (χ4v) is 2.56. The summed E-state index contributed by atoms with van der Waals surface area (Å²) in [6.45, 7) is 5.67. The third-order valence-electron chi connectivity index (χ3n) is 4.12. The van der Waals surface area contributed by atoms with Gasteiger partial charge in [0.15, 0.2) is 0 Å². The number of hydrogen-bond acceptors (Lipinski definition) is 3. The minimum atomic E-state index is -0.339. The summed E-state index contributed by atoms with van der Waals surface area (Å²) in [5.41, 5.74) is 1.28. The first-order valence-electron chi connectivity index (χ1n) is 6.95. The normalized spacial score (nSPS) is 22.4. The fourth-order valence-electron chi connectivity index (χ4n) is 2.56. The van der Waals surface area contributed by atoms with Gasteiger partial charge in [0.25, 0.3) is 0 Å². The Labute approximate surface area is 114 Å². The van der Waals surface area contributed by atoms with Gasteiger partial charge in [0.1, 0.15) is 5.75 Å². The molecule has 2 rings (SSSR count). The van der Waals surface area contributed by atoms with Crippen LogP contribution in [-0.4, -0.2) is 24.1 Å². The van der Waals surface area contributed by atoms with Gasteiger partial charge in [-0.25, -0.2) is 0 Å². The first-order valence-corrected chi connectivity index (χ1v) is 6.95. The van der Waals surface area contributed by atoms with Crippen molar-refractivity contribution < 1.29 is 9.90 Å². The van der Waals surface area contributed by atoms with Gasteiger partial charge in [0, 0.05) is 6.54 Å². The van der Waals surface area contributed by atoms with Crippen LogP contribution in [0.15, 0.2) is 18.2 Å². The molecular formula is C15H22N2O2. The quantitative estimate of drug-likeness (QED) is 0.730. The van der Waals surface area contributed by atoms with E-state index in [0.717, 1.165) is 31.4 Å². The summed E-state index contributed by atoms with van der Waals surface area (Å²) in [6.07, 6.45) is 2.53.